The number of nitrogens with one attached hydrogen (secondary N) is 1. The van der Waals surface area contributed by atoms with E-state index in [-0.39, 0.29) is 24.4 Å². The molecular formula is C13H19N3O2. The summed E-state index contributed by atoms with van der Waals surface area (Å²) < 4.78 is 0. The average Bonchev–Trinajstić information content (AvgIpc) is 2.34. The van der Waals surface area contributed by atoms with Crippen molar-refractivity contribution >= 4 is 11.8 Å². The van der Waals surface area contributed by atoms with Crippen molar-refractivity contribution in [2.24, 2.45) is 0 Å². The second kappa shape index (κ2) is 6.74. The van der Waals surface area contributed by atoms with Crippen LogP contribution in [0.15, 0.2) is 24.4 Å². The molecule has 5 heteroatoms. The average molecular weight is 249 g/mol. The van der Waals surface area contributed by atoms with Crippen LogP contribution in [0.3, 0.4) is 0 Å². The molecule has 0 aliphatic rings. The molecule has 0 saturated heterocycles. The Bertz CT molecular complexity index is 404. The Balaban J connectivity index is 2.44. The third-order valence-electron chi connectivity index (χ3n) is 2.53. The fourth-order valence-corrected chi connectivity index (χ4v) is 1.56. The number of amides is 2. The molecule has 98 valence electrons. The van der Waals surface area contributed by atoms with Crippen LogP contribution < -0.4 is 5.32 Å². The van der Waals surface area contributed by atoms with Crippen molar-refractivity contribution in [3.05, 3.63) is 30.1 Å². The number of hydrogen-bond acceptors (Lipinski definition) is 3. The molecule has 0 unspecified atom stereocenters. The molecule has 2 amide bonds. The van der Waals surface area contributed by atoms with E-state index in [1.807, 2.05) is 32.0 Å². The van der Waals surface area contributed by atoms with Crippen molar-refractivity contribution in [1.29, 1.82) is 0 Å². The highest BCUT2D eigenvalue weighted by Crippen LogP contribution is 1.98. The minimum Gasteiger partial charge on any atom is -0.349 e. The molecule has 0 spiro atoms. The summed E-state index contributed by atoms with van der Waals surface area (Å²) in [5, 5.41) is 2.74. The first-order valence-electron chi connectivity index (χ1n) is 5.94. The zero-order valence-electron chi connectivity index (χ0n) is 11.0. The third kappa shape index (κ3) is 4.53. The highest BCUT2D eigenvalue weighted by atomic mass is 16.2. The number of rotatable bonds is 5. The maximum Gasteiger partial charge on any atom is 0.239 e. The summed E-state index contributed by atoms with van der Waals surface area (Å²) in [6.07, 6.45) is 1.68. The zero-order valence-corrected chi connectivity index (χ0v) is 11.0. The van der Waals surface area contributed by atoms with Crippen molar-refractivity contribution < 1.29 is 9.59 Å². The summed E-state index contributed by atoms with van der Waals surface area (Å²) in [4.78, 5) is 28.7. The molecule has 0 aliphatic heterocycles. The molecule has 0 bridgehead atoms. The molecule has 0 aromatic carbocycles. The summed E-state index contributed by atoms with van der Waals surface area (Å²) in [5.41, 5.74) is 0.796. The highest BCUT2D eigenvalue weighted by Gasteiger charge is 2.16. The quantitative estimate of drug-likeness (QED) is 0.845. The van der Waals surface area contributed by atoms with E-state index in [0.29, 0.717) is 6.54 Å². The lowest BCUT2D eigenvalue weighted by molar-refractivity contribution is -0.136. The standard InChI is InChI=1S/C13H19N3O2/c1-10(2)16(11(3)17)9-13(18)15-8-12-6-4-5-7-14-12/h4-7,10H,8-9H2,1-3H3,(H,15,18). The fraction of sp³-hybridized carbons (Fsp3) is 0.462. The lowest BCUT2D eigenvalue weighted by Gasteiger charge is -2.24. The molecule has 1 N–H and O–H groups in total. The number of hydrogen-bond donors (Lipinski definition) is 1. The predicted molar refractivity (Wildman–Crippen MR) is 68.6 cm³/mol. The number of nitrogens with zero attached hydrogens (tertiary/aromatic N) is 2. The Morgan fingerprint density at radius 1 is 1.39 bits per heavy atom. The normalized spacial score (nSPS) is 10.2. The molecular weight excluding hydrogens is 230 g/mol. The van der Waals surface area contributed by atoms with Gasteiger partial charge >= 0.3 is 0 Å². The second-order valence-corrected chi connectivity index (χ2v) is 4.34. The van der Waals surface area contributed by atoms with Crippen LogP contribution in [0.4, 0.5) is 0 Å². The van der Waals surface area contributed by atoms with Gasteiger partial charge in [-0.25, -0.2) is 0 Å². The van der Waals surface area contributed by atoms with E-state index in [2.05, 4.69) is 10.3 Å². The summed E-state index contributed by atoms with van der Waals surface area (Å²) in [6, 6.07) is 5.54. The first kappa shape index (κ1) is 14.2. The molecule has 0 saturated carbocycles. The van der Waals surface area contributed by atoms with Gasteiger partial charge in [0.15, 0.2) is 0 Å². The van der Waals surface area contributed by atoms with Crippen molar-refractivity contribution in [3.63, 3.8) is 0 Å². The monoisotopic (exact) mass is 249 g/mol. The number of pyridine rings is 1. The van der Waals surface area contributed by atoms with Gasteiger partial charge in [0.05, 0.1) is 18.8 Å². The van der Waals surface area contributed by atoms with E-state index >= 15 is 0 Å². The molecule has 0 atom stereocenters. The molecule has 0 radical (unpaired) electrons. The Morgan fingerprint density at radius 2 is 2.11 bits per heavy atom. The first-order chi connectivity index (χ1) is 8.50. The maximum absolute atomic E-state index is 11.7. The molecule has 1 rings (SSSR count). The number of carbonyl (C=O) groups excluding carboxylic acids is 2. The fourth-order valence-electron chi connectivity index (χ4n) is 1.56. The number of carbonyl (C=O) groups is 2. The van der Waals surface area contributed by atoms with Gasteiger partial charge in [0, 0.05) is 19.2 Å². The molecule has 1 heterocycles. The van der Waals surface area contributed by atoms with Crippen LogP contribution in [0.5, 0.6) is 0 Å². The van der Waals surface area contributed by atoms with Gasteiger partial charge in [0.25, 0.3) is 0 Å². The summed E-state index contributed by atoms with van der Waals surface area (Å²) in [5.74, 6) is -0.275. The molecule has 1 aromatic rings. The van der Waals surface area contributed by atoms with Gasteiger partial charge in [-0.05, 0) is 26.0 Å². The van der Waals surface area contributed by atoms with E-state index in [1.165, 1.54) is 11.8 Å². The van der Waals surface area contributed by atoms with Crippen LogP contribution in [0.25, 0.3) is 0 Å². The van der Waals surface area contributed by atoms with Crippen molar-refractivity contribution in [1.82, 2.24) is 15.2 Å². The second-order valence-electron chi connectivity index (χ2n) is 4.34. The minimum absolute atomic E-state index is 0.0168. The van der Waals surface area contributed by atoms with E-state index in [0.717, 1.165) is 5.69 Å². The minimum atomic E-state index is -0.176. The Labute approximate surface area is 107 Å². The Hall–Kier alpha value is -1.91. The van der Waals surface area contributed by atoms with E-state index in [4.69, 9.17) is 0 Å². The molecule has 5 nitrogen and oxygen atoms in total. The van der Waals surface area contributed by atoms with Crippen LogP contribution in [0, 0.1) is 0 Å². The lowest BCUT2D eigenvalue weighted by Crippen LogP contribution is -2.43. The van der Waals surface area contributed by atoms with Crippen LogP contribution in [-0.4, -0.2) is 34.3 Å². The smallest absolute Gasteiger partial charge is 0.239 e. The van der Waals surface area contributed by atoms with E-state index < -0.39 is 0 Å². The SMILES string of the molecule is CC(=O)N(CC(=O)NCc1ccccn1)C(C)C. The van der Waals surface area contributed by atoms with Crippen LogP contribution >= 0.6 is 0 Å². The first-order valence-corrected chi connectivity index (χ1v) is 5.94. The Kier molecular flexibility index (Phi) is 5.30. The summed E-state index contributed by atoms with van der Waals surface area (Å²) >= 11 is 0. The lowest BCUT2D eigenvalue weighted by atomic mass is 10.3. The third-order valence-corrected chi connectivity index (χ3v) is 2.53. The van der Waals surface area contributed by atoms with Gasteiger partial charge in [-0.1, -0.05) is 6.07 Å². The molecule has 18 heavy (non-hydrogen) atoms. The highest BCUT2D eigenvalue weighted by molar-refractivity contribution is 5.83. The van der Waals surface area contributed by atoms with Gasteiger partial charge in [-0.3, -0.25) is 14.6 Å². The van der Waals surface area contributed by atoms with Crippen LogP contribution in [-0.2, 0) is 16.1 Å². The van der Waals surface area contributed by atoms with Gasteiger partial charge in [-0.2, -0.15) is 0 Å². The zero-order chi connectivity index (χ0) is 13.5. The van der Waals surface area contributed by atoms with Gasteiger partial charge < -0.3 is 10.2 Å². The largest absolute Gasteiger partial charge is 0.349 e. The molecule has 1 aromatic heterocycles. The Morgan fingerprint density at radius 3 is 2.61 bits per heavy atom. The van der Waals surface area contributed by atoms with Gasteiger partial charge in [0.2, 0.25) is 11.8 Å². The van der Waals surface area contributed by atoms with Crippen LogP contribution in [0.1, 0.15) is 26.5 Å². The van der Waals surface area contributed by atoms with Crippen molar-refractivity contribution in [2.45, 2.75) is 33.4 Å². The number of aromatic nitrogens is 1. The predicted octanol–water partition coefficient (Wildman–Crippen LogP) is 0.955. The van der Waals surface area contributed by atoms with Crippen LogP contribution in [0.2, 0.25) is 0 Å². The molecule has 0 aliphatic carbocycles. The van der Waals surface area contributed by atoms with E-state index in [9.17, 15) is 9.59 Å². The van der Waals surface area contributed by atoms with E-state index in [1.54, 1.807) is 6.20 Å². The summed E-state index contributed by atoms with van der Waals surface area (Å²) in [7, 11) is 0. The summed E-state index contributed by atoms with van der Waals surface area (Å²) in [6.45, 7) is 5.69. The maximum atomic E-state index is 11.7. The van der Waals surface area contributed by atoms with Gasteiger partial charge in [0.1, 0.15) is 0 Å². The van der Waals surface area contributed by atoms with Gasteiger partial charge in [-0.15, -0.1) is 0 Å². The molecule has 0 fully saturated rings. The van der Waals surface area contributed by atoms with Crippen molar-refractivity contribution in [3.8, 4) is 0 Å². The topological polar surface area (TPSA) is 62.3 Å². The van der Waals surface area contributed by atoms with Crippen molar-refractivity contribution in [2.75, 3.05) is 6.54 Å².